The van der Waals surface area contributed by atoms with Crippen LogP contribution in [0.3, 0.4) is 0 Å². The Morgan fingerprint density at radius 1 is 1.58 bits per heavy atom. The first-order valence-electron chi connectivity index (χ1n) is 6.54. The van der Waals surface area contributed by atoms with E-state index in [1.165, 1.54) is 11.3 Å². The van der Waals surface area contributed by atoms with Crippen LogP contribution < -0.4 is 0 Å². The average molecular weight is 278 g/mol. The number of nitriles is 1. The molecule has 1 fully saturated rings. The van der Waals surface area contributed by atoms with Gasteiger partial charge in [-0.2, -0.15) is 5.26 Å². The molecular formula is C14H18N2O2S. The van der Waals surface area contributed by atoms with Crippen LogP contribution in [0.1, 0.15) is 40.9 Å². The third-order valence-electron chi connectivity index (χ3n) is 3.70. The van der Waals surface area contributed by atoms with Crippen LogP contribution in [0.2, 0.25) is 0 Å². The van der Waals surface area contributed by atoms with Crippen molar-refractivity contribution in [1.82, 2.24) is 4.90 Å². The van der Waals surface area contributed by atoms with Gasteiger partial charge in [0.2, 0.25) is 0 Å². The molecule has 2 atom stereocenters. The number of amides is 1. The summed E-state index contributed by atoms with van der Waals surface area (Å²) in [5, 5.41) is 20.6. The molecule has 4 nitrogen and oxygen atoms in total. The summed E-state index contributed by atoms with van der Waals surface area (Å²) in [5.74, 6) is 0.0394. The van der Waals surface area contributed by atoms with Gasteiger partial charge in [-0.1, -0.05) is 12.8 Å². The van der Waals surface area contributed by atoms with Gasteiger partial charge in [-0.25, -0.2) is 0 Å². The van der Waals surface area contributed by atoms with Crippen LogP contribution in [0.25, 0.3) is 0 Å². The van der Waals surface area contributed by atoms with E-state index >= 15 is 0 Å². The lowest BCUT2D eigenvalue weighted by molar-refractivity contribution is 0.0453. The first kappa shape index (κ1) is 14.0. The van der Waals surface area contributed by atoms with Gasteiger partial charge in [0.25, 0.3) is 5.91 Å². The van der Waals surface area contributed by atoms with E-state index in [1.54, 1.807) is 23.4 Å². The van der Waals surface area contributed by atoms with Gasteiger partial charge in [-0.3, -0.25) is 4.79 Å². The van der Waals surface area contributed by atoms with Gasteiger partial charge in [0.05, 0.1) is 11.7 Å². The molecule has 1 aliphatic rings. The van der Waals surface area contributed by atoms with Crippen molar-refractivity contribution in [2.75, 3.05) is 13.6 Å². The van der Waals surface area contributed by atoms with E-state index in [-0.39, 0.29) is 17.9 Å². The third kappa shape index (κ3) is 3.14. The molecule has 1 amide bonds. The lowest BCUT2D eigenvalue weighted by Gasteiger charge is -2.31. The van der Waals surface area contributed by atoms with Gasteiger partial charge in [0.15, 0.2) is 0 Å². The second-order valence-electron chi connectivity index (χ2n) is 5.07. The summed E-state index contributed by atoms with van der Waals surface area (Å²) in [6.45, 7) is 0.558. The number of thiophene rings is 1. The Balaban J connectivity index is 2.01. The Morgan fingerprint density at radius 3 is 3.00 bits per heavy atom. The highest BCUT2D eigenvalue weighted by atomic mass is 32.1. The quantitative estimate of drug-likeness (QED) is 0.922. The second kappa shape index (κ2) is 6.18. The number of hydrogen-bond donors (Lipinski definition) is 1. The van der Waals surface area contributed by atoms with E-state index in [0.717, 1.165) is 25.7 Å². The maximum atomic E-state index is 12.3. The molecule has 19 heavy (non-hydrogen) atoms. The predicted octanol–water partition coefficient (Wildman–Crippen LogP) is 2.24. The SMILES string of the molecule is CN(CC1CCCCC1O)C(=O)c1sccc1C#N. The number of aliphatic hydroxyl groups is 1. The Kier molecular flexibility index (Phi) is 4.56. The van der Waals surface area contributed by atoms with Crippen molar-refractivity contribution in [3.05, 3.63) is 21.9 Å². The molecule has 2 unspecified atom stereocenters. The Bertz CT molecular complexity index is 492. The monoisotopic (exact) mass is 278 g/mol. The standard InChI is InChI=1S/C14H18N2O2S/c1-16(9-11-4-2-3-5-12(11)17)14(18)13-10(8-15)6-7-19-13/h6-7,11-12,17H,2-5,9H2,1H3. The number of aliphatic hydroxyl groups excluding tert-OH is 1. The van der Waals surface area contributed by atoms with E-state index < -0.39 is 0 Å². The zero-order chi connectivity index (χ0) is 13.8. The Hall–Kier alpha value is -1.38. The van der Waals surface area contributed by atoms with Gasteiger partial charge in [-0.05, 0) is 24.3 Å². The summed E-state index contributed by atoms with van der Waals surface area (Å²) >= 11 is 1.30. The third-order valence-corrected chi connectivity index (χ3v) is 4.61. The fourth-order valence-electron chi connectivity index (χ4n) is 2.57. The molecule has 102 valence electrons. The number of hydrogen-bond acceptors (Lipinski definition) is 4. The van der Waals surface area contributed by atoms with E-state index in [1.807, 2.05) is 6.07 Å². The zero-order valence-corrected chi connectivity index (χ0v) is 11.8. The molecule has 1 N–H and O–H groups in total. The molecule has 0 aromatic carbocycles. The largest absolute Gasteiger partial charge is 0.393 e. The molecule has 5 heteroatoms. The van der Waals surface area contributed by atoms with Crippen molar-refractivity contribution in [2.45, 2.75) is 31.8 Å². The van der Waals surface area contributed by atoms with Crippen LogP contribution in [0.4, 0.5) is 0 Å². The van der Waals surface area contributed by atoms with Crippen LogP contribution in [-0.4, -0.2) is 35.6 Å². The van der Waals surface area contributed by atoms with Crippen molar-refractivity contribution in [1.29, 1.82) is 5.26 Å². The minimum absolute atomic E-state index is 0.121. The predicted molar refractivity (Wildman–Crippen MR) is 74.0 cm³/mol. The minimum Gasteiger partial charge on any atom is -0.393 e. The van der Waals surface area contributed by atoms with Crippen molar-refractivity contribution in [3.8, 4) is 6.07 Å². The van der Waals surface area contributed by atoms with E-state index in [0.29, 0.717) is 17.0 Å². The highest BCUT2D eigenvalue weighted by molar-refractivity contribution is 7.12. The number of nitrogens with zero attached hydrogens (tertiary/aromatic N) is 2. The molecule has 1 saturated carbocycles. The Morgan fingerprint density at radius 2 is 2.32 bits per heavy atom. The minimum atomic E-state index is -0.303. The zero-order valence-electron chi connectivity index (χ0n) is 11.0. The van der Waals surface area contributed by atoms with Crippen LogP contribution in [0, 0.1) is 17.2 Å². The molecule has 1 aliphatic carbocycles. The molecule has 0 saturated heterocycles. The average Bonchev–Trinajstić information content (AvgIpc) is 2.88. The molecule has 1 aromatic heterocycles. The van der Waals surface area contributed by atoms with Crippen molar-refractivity contribution in [3.63, 3.8) is 0 Å². The van der Waals surface area contributed by atoms with E-state index in [9.17, 15) is 9.90 Å². The van der Waals surface area contributed by atoms with E-state index in [4.69, 9.17) is 5.26 Å². The molecule has 2 rings (SSSR count). The molecular weight excluding hydrogens is 260 g/mol. The number of rotatable bonds is 3. The summed E-state index contributed by atoms with van der Waals surface area (Å²) in [6.07, 6.45) is 3.68. The van der Waals surface area contributed by atoms with E-state index in [2.05, 4.69) is 0 Å². The maximum absolute atomic E-state index is 12.3. The summed E-state index contributed by atoms with van der Waals surface area (Å²) in [4.78, 5) is 14.4. The normalized spacial score (nSPS) is 22.8. The molecule has 0 aliphatic heterocycles. The maximum Gasteiger partial charge on any atom is 0.265 e. The van der Waals surface area contributed by atoms with Crippen LogP contribution in [0.15, 0.2) is 11.4 Å². The molecule has 1 heterocycles. The van der Waals surface area contributed by atoms with Crippen LogP contribution >= 0.6 is 11.3 Å². The highest BCUT2D eigenvalue weighted by Crippen LogP contribution is 2.26. The lowest BCUT2D eigenvalue weighted by atomic mass is 9.86. The van der Waals surface area contributed by atoms with Gasteiger partial charge < -0.3 is 10.0 Å². The smallest absolute Gasteiger partial charge is 0.265 e. The summed E-state index contributed by atoms with van der Waals surface area (Å²) in [7, 11) is 1.74. The van der Waals surface area contributed by atoms with Gasteiger partial charge in [0, 0.05) is 19.5 Å². The summed E-state index contributed by atoms with van der Waals surface area (Å²) in [6, 6.07) is 3.71. The van der Waals surface area contributed by atoms with Gasteiger partial charge >= 0.3 is 0 Å². The van der Waals surface area contributed by atoms with Crippen molar-refractivity contribution in [2.24, 2.45) is 5.92 Å². The van der Waals surface area contributed by atoms with Crippen molar-refractivity contribution >= 4 is 17.2 Å². The summed E-state index contributed by atoms with van der Waals surface area (Å²) < 4.78 is 0. The first-order chi connectivity index (χ1) is 9.13. The second-order valence-corrected chi connectivity index (χ2v) is 5.99. The molecule has 0 spiro atoms. The van der Waals surface area contributed by atoms with Gasteiger partial charge in [-0.15, -0.1) is 11.3 Å². The fraction of sp³-hybridized carbons (Fsp3) is 0.571. The molecule has 0 bridgehead atoms. The first-order valence-corrected chi connectivity index (χ1v) is 7.42. The molecule has 0 radical (unpaired) electrons. The van der Waals surface area contributed by atoms with Gasteiger partial charge in [0.1, 0.15) is 10.9 Å². The fourth-order valence-corrected chi connectivity index (χ4v) is 3.41. The highest BCUT2D eigenvalue weighted by Gasteiger charge is 2.26. The Labute approximate surface area is 117 Å². The summed E-state index contributed by atoms with van der Waals surface area (Å²) in [5.41, 5.74) is 0.436. The number of carbonyl (C=O) groups is 1. The van der Waals surface area contributed by atoms with Crippen molar-refractivity contribution < 1.29 is 9.90 Å². The number of carbonyl (C=O) groups excluding carboxylic acids is 1. The topological polar surface area (TPSA) is 64.3 Å². The van der Waals surface area contributed by atoms with Crippen LogP contribution in [0.5, 0.6) is 0 Å². The molecule has 1 aromatic rings. The van der Waals surface area contributed by atoms with Crippen LogP contribution in [-0.2, 0) is 0 Å². The lowest BCUT2D eigenvalue weighted by Crippen LogP contribution is -2.38.